The lowest BCUT2D eigenvalue weighted by Gasteiger charge is -2.16. The molecule has 0 aromatic rings. The Hall–Kier alpha value is -0.340. The van der Waals surface area contributed by atoms with E-state index in [1.165, 1.54) is 24.8 Å². The van der Waals surface area contributed by atoms with Crippen LogP contribution in [-0.4, -0.2) is 24.4 Å². The van der Waals surface area contributed by atoms with E-state index in [2.05, 4.69) is 6.08 Å². The second-order valence-corrected chi connectivity index (χ2v) is 4.15. The first-order valence-electron chi connectivity index (χ1n) is 5.30. The van der Waals surface area contributed by atoms with Crippen molar-refractivity contribution >= 4 is 0 Å². The van der Waals surface area contributed by atoms with Gasteiger partial charge < -0.3 is 9.84 Å². The molecule has 13 heavy (non-hydrogen) atoms. The van der Waals surface area contributed by atoms with Gasteiger partial charge >= 0.3 is 0 Å². The van der Waals surface area contributed by atoms with E-state index in [4.69, 9.17) is 4.74 Å². The van der Waals surface area contributed by atoms with Crippen LogP contribution in [0.4, 0.5) is 0 Å². The van der Waals surface area contributed by atoms with Crippen molar-refractivity contribution in [1.82, 2.24) is 0 Å². The molecule has 2 heteroatoms. The van der Waals surface area contributed by atoms with Gasteiger partial charge in [-0.15, -0.1) is 0 Å². The van der Waals surface area contributed by atoms with Gasteiger partial charge in [-0.3, -0.25) is 0 Å². The Bertz CT molecular complexity index is 192. The highest BCUT2D eigenvalue weighted by molar-refractivity contribution is 5.08. The molecule has 0 saturated carbocycles. The summed E-state index contributed by atoms with van der Waals surface area (Å²) in [5, 5.41) is 9.89. The molecule has 2 nitrogen and oxygen atoms in total. The second-order valence-electron chi connectivity index (χ2n) is 4.15. The second kappa shape index (κ2) is 4.25. The Morgan fingerprint density at radius 1 is 1.62 bits per heavy atom. The lowest BCUT2D eigenvalue weighted by molar-refractivity contribution is 0.0914. The van der Waals surface area contributed by atoms with Crippen LogP contribution in [0.25, 0.3) is 0 Å². The van der Waals surface area contributed by atoms with Gasteiger partial charge in [-0.05, 0) is 32.1 Å². The summed E-state index contributed by atoms with van der Waals surface area (Å²) in [6.45, 7) is 1.59. The lowest BCUT2D eigenvalue weighted by atomic mass is 9.95. The van der Waals surface area contributed by atoms with Crippen molar-refractivity contribution in [1.29, 1.82) is 0 Å². The molecular formula is C11H18O2. The summed E-state index contributed by atoms with van der Waals surface area (Å²) in [5.41, 5.74) is 1.46. The van der Waals surface area contributed by atoms with Crippen LogP contribution in [0.2, 0.25) is 0 Å². The topological polar surface area (TPSA) is 29.5 Å². The van der Waals surface area contributed by atoms with Gasteiger partial charge in [-0.2, -0.15) is 0 Å². The van der Waals surface area contributed by atoms with E-state index >= 15 is 0 Å². The normalized spacial score (nSPS) is 30.5. The summed E-state index contributed by atoms with van der Waals surface area (Å²) >= 11 is 0. The molecule has 0 amide bonds. The summed E-state index contributed by atoms with van der Waals surface area (Å²) in [7, 11) is 0. The molecule has 0 aromatic heterocycles. The lowest BCUT2D eigenvalue weighted by Crippen LogP contribution is -2.20. The van der Waals surface area contributed by atoms with Gasteiger partial charge in [0.1, 0.15) is 0 Å². The fourth-order valence-corrected chi connectivity index (χ4v) is 2.21. The molecular weight excluding hydrogens is 164 g/mol. The standard InChI is InChI=1S/C11H18O2/c12-11(10-5-6-13-8-10)7-9-3-1-2-4-9/h3,10-12H,1-2,4-8H2. The Kier molecular flexibility index (Phi) is 3.01. The smallest absolute Gasteiger partial charge is 0.0628 e. The van der Waals surface area contributed by atoms with Crippen LogP contribution < -0.4 is 0 Å². The van der Waals surface area contributed by atoms with Crippen molar-refractivity contribution in [3.8, 4) is 0 Å². The Morgan fingerprint density at radius 2 is 2.54 bits per heavy atom. The molecule has 2 rings (SSSR count). The highest BCUT2D eigenvalue weighted by Gasteiger charge is 2.24. The fraction of sp³-hybridized carbons (Fsp3) is 0.818. The van der Waals surface area contributed by atoms with Crippen molar-refractivity contribution in [2.24, 2.45) is 5.92 Å². The predicted molar refractivity (Wildman–Crippen MR) is 51.5 cm³/mol. The molecule has 1 N–H and O–H groups in total. The van der Waals surface area contributed by atoms with Gasteiger partial charge in [0.25, 0.3) is 0 Å². The van der Waals surface area contributed by atoms with Crippen LogP contribution in [0.3, 0.4) is 0 Å². The number of aliphatic hydroxyl groups excluding tert-OH is 1. The van der Waals surface area contributed by atoms with Gasteiger partial charge in [0.2, 0.25) is 0 Å². The molecule has 2 unspecified atom stereocenters. The van der Waals surface area contributed by atoms with Crippen molar-refractivity contribution in [2.75, 3.05) is 13.2 Å². The highest BCUT2D eigenvalue weighted by Crippen LogP contribution is 2.26. The van der Waals surface area contributed by atoms with Crippen molar-refractivity contribution < 1.29 is 9.84 Å². The molecule has 0 aromatic carbocycles. The average Bonchev–Trinajstić information content (AvgIpc) is 2.74. The Balaban J connectivity index is 1.79. The summed E-state index contributed by atoms with van der Waals surface area (Å²) < 4.78 is 5.26. The van der Waals surface area contributed by atoms with Gasteiger partial charge in [0.05, 0.1) is 12.7 Å². The van der Waals surface area contributed by atoms with Gasteiger partial charge in [0.15, 0.2) is 0 Å². The number of hydrogen-bond acceptors (Lipinski definition) is 2. The average molecular weight is 182 g/mol. The van der Waals surface area contributed by atoms with Gasteiger partial charge in [-0.25, -0.2) is 0 Å². The maximum atomic E-state index is 9.89. The first-order chi connectivity index (χ1) is 6.36. The molecule has 1 fully saturated rings. The largest absolute Gasteiger partial charge is 0.392 e. The number of rotatable bonds is 3. The number of aliphatic hydroxyl groups is 1. The molecule has 2 aliphatic rings. The van der Waals surface area contributed by atoms with E-state index < -0.39 is 0 Å². The van der Waals surface area contributed by atoms with Crippen molar-refractivity contribution in [3.63, 3.8) is 0 Å². The van der Waals surface area contributed by atoms with Crippen molar-refractivity contribution in [2.45, 2.75) is 38.2 Å². The molecule has 1 aliphatic carbocycles. The van der Waals surface area contributed by atoms with Crippen LogP contribution in [0, 0.1) is 5.92 Å². The van der Waals surface area contributed by atoms with E-state index in [1.54, 1.807) is 0 Å². The molecule has 1 aliphatic heterocycles. The first kappa shape index (κ1) is 9.22. The van der Waals surface area contributed by atoms with Crippen LogP contribution >= 0.6 is 0 Å². The highest BCUT2D eigenvalue weighted by atomic mass is 16.5. The van der Waals surface area contributed by atoms with E-state index in [9.17, 15) is 5.11 Å². The number of ether oxygens (including phenoxy) is 1. The number of allylic oxidation sites excluding steroid dienone is 1. The van der Waals surface area contributed by atoms with Gasteiger partial charge in [0, 0.05) is 12.5 Å². The molecule has 0 bridgehead atoms. The first-order valence-corrected chi connectivity index (χ1v) is 5.30. The van der Waals surface area contributed by atoms with Crippen LogP contribution in [-0.2, 0) is 4.74 Å². The maximum absolute atomic E-state index is 9.89. The van der Waals surface area contributed by atoms with Crippen LogP contribution in [0.15, 0.2) is 11.6 Å². The molecule has 1 saturated heterocycles. The summed E-state index contributed by atoms with van der Waals surface area (Å²) in [4.78, 5) is 0. The number of hydrogen-bond donors (Lipinski definition) is 1. The molecule has 0 spiro atoms. The van der Waals surface area contributed by atoms with E-state index in [0.717, 1.165) is 26.1 Å². The zero-order valence-corrected chi connectivity index (χ0v) is 8.04. The van der Waals surface area contributed by atoms with Crippen LogP contribution in [0.1, 0.15) is 32.1 Å². The monoisotopic (exact) mass is 182 g/mol. The molecule has 2 atom stereocenters. The zero-order chi connectivity index (χ0) is 9.10. The van der Waals surface area contributed by atoms with Crippen molar-refractivity contribution in [3.05, 3.63) is 11.6 Å². The quantitative estimate of drug-likeness (QED) is 0.675. The minimum Gasteiger partial charge on any atom is -0.392 e. The Labute approximate surface area is 79.6 Å². The molecule has 0 radical (unpaired) electrons. The molecule has 74 valence electrons. The molecule has 1 heterocycles. The zero-order valence-electron chi connectivity index (χ0n) is 8.04. The third kappa shape index (κ3) is 2.32. The summed E-state index contributed by atoms with van der Waals surface area (Å²) in [6.07, 6.45) is 7.74. The summed E-state index contributed by atoms with van der Waals surface area (Å²) in [5.74, 6) is 0.390. The third-order valence-corrected chi connectivity index (χ3v) is 3.12. The van der Waals surface area contributed by atoms with Crippen LogP contribution in [0.5, 0.6) is 0 Å². The van der Waals surface area contributed by atoms with E-state index in [1.807, 2.05) is 0 Å². The van der Waals surface area contributed by atoms with Gasteiger partial charge in [-0.1, -0.05) is 11.6 Å². The Morgan fingerprint density at radius 3 is 3.15 bits per heavy atom. The summed E-state index contributed by atoms with van der Waals surface area (Å²) in [6, 6.07) is 0. The van der Waals surface area contributed by atoms with E-state index in [-0.39, 0.29) is 6.10 Å². The predicted octanol–water partition coefficient (Wildman–Crippen LogP) is 1.88. The minimum absolute atomic E-state index is 0.160. The SMILES string of the molecule is OC(CC1=CCCC1)C1CCOC1. The minimum atomic E-state index is -0.160. The van der Waals surface area contributed by atoms with E-state index in [0.29, 0.717) is 5.92 Å². The fourth-order valence-electron chi connectivity index (χ4n) is 2.21. The maximum Gasteiger partial charge on any atom is 0.0628 e. The third-order valence-electron chi connectivity index (χ3n) is 3.12.